The van der Waals surface area contributed by atoms with Crippen LogP contribution in [0.1, 0.15) is 76.6 Å². The third-order valence-electron chi connectivity index (χ3n) is 8.66. The molecule has 9 heteroatoms. The number of alkyl halides is 1. The molecule has 8 nitrogen and oxygen atoms in total. The molecule has 0 atom stereocenters. The molecule has 2 N–H and O–H groups in total. The zero-order chi connectivity index (χ0) is 33.9. The molecule has 1 aliphatic heterocycles. The Balaban J connectivity index is 1.43. The van der Waals surface area contributed by atoms with Gasteiger partial charge in [-0.1, -0.05) is 51.1 Å². The minimum Gasteiger partial charge on any atom is -0.339 e. The highest BCUT2D eigenvalue weighted by molar-refractivity contribution is 6.29. The fourth-order valence-electron chi connectivity index (χ4n) is 5.94. The summed E-state index contributed by atoms with van der Waals surface area (Å²) in [6, 6.07) is 20.5. The number of benzene rings is 3. The van der Waals surface area contributed by atoms with Crippen molar-refractivity contribution < 1.29 is 14.4 Å². The second kappa shape index (κ2) is 14.0. The number of rotatable bonds is 8. The lowest BCUT2D eigenvalue weighted by Crippen LogP contribution is -2.29. The molecule has 0 unspecified atom stereocenters. The number of halogens is 1. The number of hydrogen-bond acceptors (Lipinski definition) is 4. The van der Waals surface area contributed by atoms with E-state index in [2.05, 4.69) is 31.4 Å². The Kier molecular flexibility index (Phi) is 10.0. The van der Waals surface area contributed by atoms with Gasteiger partial charge >= 0.3 is 0 Å². The summed E-state index contributed by atoms with van der Waals surface area (Å²) in [5.74, 6) is -0.995. The predicted octanol–water partition coefficient (Wildman–Crippen LogP) is 6.91. The van der Waals surface area contributed by atoms with Gasteiger partial charge in [-0.3, -0.25) is 19.2 Å². The normalized spacial score (nSPS) is 13.0. The van der Waals surface area contributed by atoms with Crippen LogP contribution in [0.5, 0.6) is 0 Å². The van der Waals surface area contributed by atoms with Crippen LogP contribution in [0.25, 0.3) is 11.1 Å². The number of likely N-dealkylation sites (tertiary alicyclic amines) is 1. The summed E-state index contributed by atoms with van der Waals surface area (Å²) in [4.78, 5) is 53.8. The lowest BCUT2D eigenvalue weighted by molar-refractivity contribution is -0.113. The highest BCUT2D eigenvalue weighted by atomic mass is 35.5. The first kappa shape index (κ1) is 33.7. The summed E-state index contributed by atoms with van der Waals surface area (Å²) in [5.41, 5.74) is 6.90. The van der Waals surface area contributed by atoms with E-state index >= 15 is 0 Å². The number of carbonyl (C=O) groups excluding carboxylic acids is 3. The standard InChI is InChI=1S/C38H41ClN4O4/c1-24-30(9-8-10-32(24)41-35(45)26-12-14-29(15-13-26)38(2,3)4)28-21-27(36(46)42(5)23-28)19-25-11-16-31(33(20-25)40-34(44)22-39)37(47)43-17-6-7-18-43/h8-16,20-21,23H,6-7,17-19,22H2,1-5H3,(H,40,44)(H,41,45). The van der Waals surface area contributed by atoms with Crippen LogP contribution in [0.4, 0.5) is 11.4 Å². The van der Waals surface area contributed by atoms with Gasteiger partial charge in [0.1, 0.15) is 5.88 Å². The number of carbonyl (C=O) groups is 3. The summed E-state index contributed by atoms with van der Waals surface area (Å²) < 4.78 is 1.55. The van der Waals surface area contributed by atoms with Crippen molar-refractivity contribution in [2.45, 2.75) is 52.4 Å². The maximum atomic E-state index is 13.3. The zero-order valence-corrected chi connectivity index (χ0v) is 28.3. The molecule has 1 aromatic heterocycles. The highest BCUT2D eigenvalue weighted by Crippen LogP contribution is 2.30. The average Bonchev–Trinajstić information content (AvgIpc) is 3.59. The van der Waals surface area contributed by atoms with Crippen molar-refractivity contribution >= 4 is 40.7 Å². The van der Waals surface area contributed by atoms with Gasteiger partial charge in [0.05, 0.1) is 11.3 Å². The molecule has 1 aliphatic rings. The molecule has 3 amide bonds. The molecular weight excluding hydrogens is 612 g/mol. The maximum Gasteiger partial charge on any atom is 0.255 e. The van der Waals surface area contributed by atoms with Gasteiger partial charge in [-0.15, -0.1) is 11.6 Å². The molecule has 0 aliphatic carbocycles. The number of anilines is 2. The largest absolute Gasteiger partial charge is 0.339 e. The Bertz CT molecular complexity index is 1880. The van der Waals surface area contributed by atoms with E-state index in [0.717, 1.165) is 40.7 Å². The Morgan fingerprint density at radius 2 is 1.60 bits per heavy atom. The van der Waals surface area contributed by atoms with Gasteiger partial charge in [0.2, 0.25) is 5.91 Å². The van der Waals surface area contributed by atoms with Crippen LogP contribution in [-0.2, 0) is 23.7 Å². The van der Waals surface area contributed by atoms with Gasteiger partial charge in [0.25, 0.3) is 17.4 Å². The lowest BCUT2D eigenvalue weighted by atomic mass is 9.86. The fraction of sp³-hybridized carbons (Fsp3) is 0.316. The Labute approximate surface area is 280 Å². The van der Waals surface area contributed by atoms with Crippen molar-refractivity contribution in [3.63, 3.8) is 0 Å². The average molecular weight is 653 g/mol. The number of aromatic nitrogens is 1. The Morgan fingerprint density at radius 1 is 0.894 bits per heavy atom. The maximum absolute atomic E-state index is 13.3. The van der Waals surface area contributed by atoms with E-state index in [1.807, 2.05) is 61.5 Å². The van der Waals surface area contributed by atoms with E-state index in [0.29, 0.717) is 41.2 Å². The van der Waals surface area contributed by atoms with Crippen molar-refractivity contribution in [2.24, 2.45) is 7.05 Å². The van der Waals surface area contributed by atoms with Crippen molar-refractivity contribution in [1.29, 1.82) is 0 Å². The molecule has 0 radical (unpaired) electrons. The third kappa shape index (κ3) is 7.66. The Hall–Kier alpha value is -4.69. The number of pyridine rings is 1. The summed E-state index contributed by atoms with van der Waals surface area (Å²) in [5, 5.41) is 5.82. The van der Waals surface area contributed by atoms with Crippen molar-refractivity contribution in [2.75, 3.05) is 29.6 Å². The molecule has 0 spiro atoms. The van der Waals surface area contributed by atoms with Crippen LogP contribution in [0, 0.1) is 6.92 Å². The van der Waals surface area contributed by atoms with E-state index in [4.69, 9.17) is 11.6 Å². The highest BCUT2D eigenvalue weighted by Gasteiger charge is 2.23. The predicted molar refractivity (Wildman–Crippen MR) is 189 cm³/mol. The topological polar surface area (TPSA) is 101 Å². The molecule has 0 bridgehead atoms. The van der Waals surface area contributed by atoms with Gasteiger partial charge in [-0.2, -0.15) is 0 Å². The summed E-state index contributed by atoms with van der Waals surface area (Å²) in [7, 11) is 1.71. The van der Waals surface area contributed by atoms with Crippen LogP contribution in [0.3, 0.4) is 0 Å². The van der Waals surface area contributed by atoms with Crippen LogP contribution in [0.15, 0.2) is 77.7 Å². The van der Waals surface area contributed by atoms with Crippen molar-refractivity contribution in [3.05, 3.63) is 117 Å². The molecule has 244 valence electrons. The number of hydrogen-bond donors (Lipinski definition) is 2. The molecule has 1 fully saturated rings. The summed E-state index contributed by atoms with van der Waals surface area (Å²) in [6.45, 7) is 9.71. The van der Waals surface area contributed by atoms with Gasteiger partial charge in [0.15, 0.2) is 0 Å². The van der Waals surface area contributed by atoms with Crippen LogP contribution in [0.2, 0.25) is 0 Å². The molecule has 4 aromatic rings. The number of nitrogens with one attached hydrogen (secondary N) is 2. The molecule has 0 saturated carbocycles. The van der Waals surface area contributed by atoms with E-state index in [-0.39, 0.29) is 35.1 Å². The lowest BCUT2D eigenvalue weighted by Gasteiger charge is -2.19. The molecule has 2 heterocycles. The van der Waals surface area contributed by atoms with Gasteiger partial charge in [-0.25, -0.2) is 0 Å². The zero-order valence-electron chi connectivity index (χ0n) is 27.6. The number of nitrogens with zero attached hydrogens (tertiary/aromatic N) is 2. The third-order valence-corrected chi connectivity index (χ3v) is 8.90. The van der Waals surface area contributed by atoms with Gasteiger partial charge < -0.3 is 20.1 Å². The van der Waals surface area contributed by atoms with Crippen LogP contribution >= 0.6 is 11.6 Å². The summed E-state index contributed by atoms with van der Waals surface area (Å²) in [6.07, 6.45) is 3.97. The smallest absolute Gasteiger partial charge is 0.255 e. The first-order valence-corrected chi connectivity index (χ1v) is 16.4. The SMILES string of the molecule is Cc1c(NC(=O)c2ccc(C(C)(C)C)cc2)cccc1-c1cc(Cc2ccc(C(=O)N3CCCC3)c(NC(=O)CCl)c2)c(=O)n(C)c1. The first-order valence-electron chi connectivity index (χ1n) is 15.8. The van der Waals surface area contributed by atoms with Crippen LogP contribution in [-0.4, -0.2) is 46.2 Å². The molecule has 5 rings (SSSR count). The van der Waals surface area contributed by atoms with Crippen molar-refractivity contribution in [3.8, 4) is 11.1 Å². The fourth-order valence-corrected chi connectivity index (χ4v) is 6.01. The van der Waals surface area contributed by atoms with E-state index in [1.54, 1.807) is 34.8 Å². The second-order valence-corrected chi connectivity index (χ2v) is 13.4. The van der Waals surface area contributed by atoms with Gasteiger partial charge in [-0.05, 0) is 89.4 Å². The minimum absolute atomic E-state index is 0.00711. The van der Waals surface area contributed by atoms with E-state index in [9.17, 15) is 19.2 Å². The summed E-state index contributed by atoms with van der Waals surface area (Å²) >= 11 is 5.77. The Morgan fingerprint density at radius 3 is 2.26 bits per heavy atom. The van der Waals surface area contributed by atoms with Gasteiger partial charge in [0, 0.05) is 49.6 Å². The molecule has 1 saturated heterocycles. The number of aryl methyl sites for hydroxylation is 1. The first-order chi connectivity index (χ1) is 22.3. The van der Waals surface area contributed by atoms with E-state index < -0.39 is 5.91 Å². The molecule has 47 heavy (non-hydrogen) atoms. The van der Waals surface area contributed by atoms with Crippen LogP contribution < -0.4 is 16.2 Å². The van der Waals surface area contributed by atoms with E-state index in [1.165, 1.54) is 0 Å². The van der Waals surface area contributed by atoms with Crippen molar-refractivity contribution in [1.82, 2.24) is 9.47 Å². The quantitative estimate of drug-likeness (QED) is 0.202. The monoisotopic (exact) mass is 652 g/mol. The minimum atomic E-state index is -0.415. The molecule has 3 aromatic carbocycles. The number of amides is 3. The molecular formula is C38H41ClN4O4. The second-order valence-electron chi connectivity index (χ2n) is 13.2.